The van der Waals surface area contributed by atoms with Crippen LogP contribution in [-0.2, 0) is 24.6 Å². The van der Waals surface area contributed by atoms with Gasteiger partial charge >= 0.3 is 23.9 Å². The first kappa shape index (κ1) is 45.7. The summed E-state index contributed by atoms with van der Waals surface area (Å²) in [5, 5.41) is 47.1. The summed E-state index contributed by atoms with van der Waals surface area (Å²) in [4.78, 5) is 106. The van der Waals surface area contributed by atoms with Crippen molar-refractivity contribution in [1.82, 2.24) is 20.9 Å². The van der Waals surface area contributed by atoms with E-state index >= 15 is 0 Å². The van der Waals surface area contributed by atoms with E-state index in [0.29, 0.717) is 25.7 Å². The quantitative estimate of drug-likeness (QED) is 0.100. The topological polar surface area (TPSA) is 292 Å². The molecule has 0 bridgehead atoms. The minimum absolute atomic E-state index is 0.0119. The van der Waals surface area contributed by atoms with Crippen molar-refractivity contribution < 1.29 is 63.5 Å². The van der Waals surface area contributed by atoms with Gasteiger partial charge in [-0.05, 0) is 74.8 Å². The molecule has 4 amide bonds. The Morgan fingerprint density at radius 1 is 0.780 bits per heavy atom. The van der Waals surface area contributed by atoms with Crippen LogP contribution in [0.5, 0.6) is 11.5 Å². The van der Waals surface area contributed by atoms with Gasteiger partial charge in [0.1, 0.15) is 35.7 Å². The zero-order chi connectivity index (χ0) is 44.1. The number of carboxylic acids is 4. The van der Waals surface area contributed by atoms with E-state index in [0.717, 1.165) is 17.0 Å². The summed E-state index contributed by atoms with van der Waals surface area (Å²) >= 11 is 0. The molecule has 18 heteroatoms. The van der Waals surface area contributed by atoms with Crippen LogP contribution in [-0.4, -0.2) is 110 Å². The number of carboxylic acid groups (broad SMARTS) is 4. The smallest absolute Gasteiger partial charge is 0.326 e. The van der Waals surface area contributed by atoms with Gasteiger partial charge in [0.2, 0.25) is 0 Å². The van der Waals surface area contributed by atoms with Crippen LogP contribution in [0, 0.1) is 11.8 Å². The first-order chi connectivity index (χ1) is 27.7. The first-order valence-electron chi connectivity index (χ1n) is 19.6. The molecule has 2 heterocycles. The monoisotopic (exact) mass is 823 g/mol. The number of amides is 4. The molecule has 9 N–H and O–H groups in total. The molecule has 320 valence electrons. The molecule has 5 atom stereocenters. The summed E-state index contributed by atoms with van der Waals surface area (Å²) in [5.74, 6) is -10.2. The lowest BCUT2D eigenvalue weighted by Gasteiger charge is -2.37. The number of carbonyl (C=O) groups excluding carboxylic acids is 4. The van der Waals surface area contributed by atoms with E-state index < -0.39 is 88.9 Å². The zero-order valence-corrected chi connectivity index (χ0v) is 33.9. The summed E-state index contributed by atoms with van der Waals surface area (Å²) in [6, 6.07) is -0.205. The fourth-order valence-electron chi connectivity index (χ4n) is 7.30. The second-order valence-corrected chi connectivity index (χ2v) is 15.9. The van der Waals surface area contributed by atoms with Gasteiger partial charge < -0.3 is 51.7 Å². The van der Waals surface area contributed by atoms with Gasteiger partial charge in [0.25, 0.3) is 23.6 Å². The molecule has 59 heavy (non-hydrogen) atoms. The number of aliphatic carboxylic acids is 4. The van der Waals surface area contributed by atoms with Crippen molar-refractivity contribution in [2.24, 2.45) is 17.6 Å². The van der Waals surface area contributed by atoms with Crippen LogP contribution in [0.2, 0.25) is 0 Å². The summed E-state index contributed by atoms with van der Waals surface area (Å²) in [5.41, 5.74) is 3.57. The predicted octanol–water partition coefficient (Wildman–Crippen LogP) is 3.19. The Morgan fingerprint density at radius 3 is 1.83 bits per heavy atom. The number of carbonyl (C=O) groups is 8. The molecule has 2 aromatic carbocycles. The number of hydrogen-bond acceptors (Lipinski definition) is 10. The highest BCUT2D eigenvalue weighted by Crippen LogP contribution is 2.51. The van der Waals surface area contributed by atoms with E-state index in [1.807, 2.05) is 0 Å². The summed E-state index contributed by atoms with van der Waals surface area (Å²) in [6.45, 7) is 10.2. The summed E-state index contributed by atoms with van der Waals surface area (Å²) in [7, 11) is 0. The van der Waals surface area contributed by atoms with Gasteiger partial charge in [-0.3, -0.25) is 19.2 Å². The molecule has 0 aliphatic carbocycles. The number of benzene rings is 2. The number of fused-ring (bicyclic) bond motifs is 2. The Hall–Kier alpha value is -6.04. The van der Waals surface area contributed by atoms with Crippen LogP contribution < -0.4 is 26.4 Å². The highest BCUT2D eigenvalue weighted by molar-refractivity contribution is 6.07. The number of hydrogen-bond donors (Lipinski definition) is 8. The lowest BCUT2D eigenvalue weighted by Crippen LogP contribution is -2.46. The van der Waals surface area contributed by atoms with Crippen LogP contribution >= 0.6 is 0 Å². The number of unbranched alkanes of at least 4 members (excludes halogenated alkanes) is 1. The minimum atomic E-state index is -1.39. The van der Waals surface area contributed by atoms with Gasteiger partial charge in [0, 0.05) is 34.2 Å². The highest BCUT2D eigenvalue weighted by atomic mass is 16.5. The maximum atomic E-state index is 14.2. The maximum Gasteiger partial charge on any atom is 0.326 e. The molecule has 0 saturated carbocycles. The number of nitrogens with zero attached hydrogens (tertiary/aromatic N) is 1. The molecule has 18 nitrogen and oxygen atoms in total. The number of rotatable bonds is 18. The van der Waals surface area contributed by atoms with Gasteiger partial charge in [-0.25, -0.2) is 19.2 Å². The standard InChI is InChI=1S/C41H53N5O13/c1-7-20(4)30(40(57)58)45-35(49)23-15-21(33(47)44-29(19(2)3)39(55)56)17-25-31(23)59-32-24(34(48)43-27(37(51)52)11-8-9-13-42)16-22(18-26(32)41(25,5)6)36(50)46-14-10-12-28(46)38(53)54/h15-20,27-30H,7-14,42H2,1-6H3,(H,43,48)(H,44,47)(H,45,49)(H,51,52)(H,53,54)(H,55,56)(H,57,58)/t20-,27-,28-,29-,30-/m0/s1. The Kier molecular flexibility index (Phi) is 14.5. The van der Waals surface area contributed by atoms with E-state index in [4.69, 9.17) is 10.5 Å². The maximum absolute atomic E-state index is 14.2. The van der Waals surface area contributed by atoms with E-state index in [9.17, 15) is 58.8 Å². The van der Waals surface area contributed by atoms with Crippen LogP contribution in [0.3, 0.4) is 0 Å². The van der Waals surface area contributed by atoms with Crippen molar-refractivity contribution in [3.63, 3.8) is 0 Å². The molecule has 0 unspecified atom stereocenters. The fourth-order valence-corrected chi connectivity index (χ4v) is 7.30. The average molecular weight is 824 g/mol. The van der Waals surface area contributed by atoms with E-state index in [1.54, 1.807) is 41.5 Å². The molecule has 4 rings (SSSR count). The van der Waals surface area contributed by atoms with Crippen LogP contribution in [0.4, 0.5) is 0 Å². The molecular weight excluding hydrogens is 770 g/mol. The van der Waals surface area contributed by atoms with Crippen LogP contribution in [0.1, 0.15) is 133 Å². The third-order valence-electron chi connectivity index (χ3n) is 11.1. The third-order valence-corrected chi connectivity index (χ3v) is 11.1. The van der Waals surface area contributed by atoms with Gasteiger partial charge in [0.05, 0.1) is 11.1 Å². The summed E-state index contributed by atoms with van der Waals surface area (Å²) < 4.78 is 6.42. The molecule has 0 radical (unpaired) electrons. The molecule has 0 aromatic heterocycles. The largest absolute Gasteiger partial charge is 0.480 e. The van der Waals surface area contributed by atoms with Crippen molar-refractivity contribution >= 4 is 47.5 Å². The zero-order valence-electron chi connectivity index (χ0n) is 33.9. The number of likely N-dealkylation sites (tertiary alicyclic amines) is 1. The van der Waals surface area contributed by atoms with Crippen molar-refractivity contribution in [3.05, 3.63) is 57.6 Å². The van der Waals surface area contributed by atoms with Gasteiger partial charge in [-0.2, -0.15) is 0 Å². The number of ether oxygens (including phenoxy) is 1. The Morgan fingerprint density at radius 2 is 1.32 bits per heavy atom. The fraction of sp³-hybridized carbons (Fsp3) is 0.512. The lowest BCUT2D eigenvalue weighted by molar-refractivity contribution is -0.142. The summed E-state index contributed by atoms with van der Waals surface area (Å²) in [6.07, 6.45) is 1.82. The number of nitrogens with two attached hydrogens (primary N) is 1. The van der Waals surface area contributed by atoms with Crippen molar-refractivity contribution in [2.45, 2.75) is 110 Å². The van der Waals surface area contributed by atoms with E-state index in [1.165, 1.54) is 12.1 Å². The number of nitrogens with one attached hydrogen (secondary N) is 3. The van der Waals surface area contributed by atoms with Gasteiger partial charge in [-0.1, -0.05) is 48.0 Å². The minimum Gasteiger partial charge on any atom is -0.480 e. The Bertz CT molecular complexity index is 2030. The Balaban J connectivity index is 1.99. The molecule has 0 spiro atoms. The molecule has 2 aliphatic heterocycles. The molecular formula is C41H53N5O13. The van der Waals surface area contributed by atoms with Gasteiger partial charge in [-0.15, -0.1) is 0 Å². The van der Waals surface area contributed by atoms with Crippen molar-refractivity contribution in [3.8, 4) is 11.5 Å². The van der Waals surface area contributed by atoms with Crippen molar-refractivity contribution in [1.29, 1.82) is 0 Å². The highest BCUT2D eigenvalue weighted by Gasteiger charge is 2.43. The molecule has 2 aromatic rings. The van der Waals surface area contributed by atoms with Crippen molar-refractivity contribution in [2.75, 3.05) is 13.1 Å². The Labute approximate surface area is 340 Å². The normalized spacial score (nSPS) is 17.3. The SMILES string of the molecule is CC[C@H](C)[C@H](NC(=O)c1cc(C(=O)N[C@H](C(=O)O)C(C)C)cc2c1Oc1c(C(=O)N[C@@H](CCCCN)C(=O)O)cc(C(=O)N3CCC[C@H]3C(=O)O)cc1C2(C)C)C(=O)O. The van der Waals surface area contributed by atoms with Gasteiger partial charge in [0.15, 0.2) is 0 Å². The average Bonchev–Trinajstić information content (AvgIpc) is 3.67. The lowest BCUT2D eigenvalue weighted by atomic mass is 9.73. The third kappa shape index (κ3) is 9.81. The van der Waals surface area contributed by atoms with E-state index in [2.05, 4.69) is 16.0 Å². The molecule has 1 fully saturated rings. The second-order valence-electron chi connectivity index (χ2n) is 15.9. The van der Waals surface area contributed by atoms with E-state index in [-0.39, 0.29) is 70.8 Å². The van der Waals surface area contributed by atoms with Crippen LogP contribution in [0.15, 0.2) is 24.3 Å². The molecule has 2 aliphatic rings. The van der Waals surface area contributed by atoms with Crippen LogP contribution in [0.25, 0.3) is 0 Å². The molecule has 1 saturated heterocycles. The second kappa shape index (κ2) is 18.7. The first-order valence-corrected chi connectivity index (χ1v) is 19.6. The predicted molar refractivity (Wildman–Crippen MR) is 211 cm³/mol.